The lowest BCUT2D eigenvalue weighted by Gasteiger charge is -2.27. The minimum atomic E-state index is -0.417. The average molecular weight is 466 g/mol. The Morgan fingerprint density at radius 2 is 1.59 bits per heavy atom. The SMILES string of the molecule is COc1cc(NC(=O)Nc2cccc(-c3ccc(N4CCOCC4)nn3)c2)cc(OC)c1OC. The van der Waals surface area contributed by atoms with Crippen LogP contribution in [0.5, 0.6) is 17.2 Å². The van der Waals surface area contributed by atoms with Crippen molar-refractivity contribution in [2.45, 2.75) is 0 Å². The molecule has 10 nitrogen and oxygen atoms in total. The number of nitrogens with one attached hydrogen (secondary N) is 2. The highest BCUT2D eigenvalue weighted by molar-refractivity contribution is 6.00. The Balaban J connectivity index is 1.45. The van der Waals surface area contributed by atoms with Gasteiger partial charge in [-0.05, 0) is 24.3 Å². The van der Waals surface area contributed by atoms with Gasteiger partial charge in [0.25, 0.3) is 0 Å². The highest BCUT2D eigenvalue weighted by Gasteiger charge is 2.15. The van der Waals surface area contributed by atoms with Crippen LogP contribution in [0.25, 0.3) is 11.3 Å². The molecular formula is C24H27N5O5. The maximum atomic E-state index is 12.6. The van der Waals surface area contributed by atoms with E-state index in [-0.39, 0.29) is 0 Å². The van der Waals surface area contributed by atoms with Gasteiger partial charge in [0.15, 0.2) is 17.3 Å². The van der Waals surface area contributed by atoms with Gasteiger partial charge in [-0.25, -0.2) is 4.79 Å². The largest absolute Gasteiger partial charge is 0.493 e. The monoisotopic (exact) mass is 465 g/mol. The van der Waals surface area contributed by atoms with E-state index in [4.69, 9.17) is 18.9 Å². The molecule has 2 amide bonds. The molecule has 34 heavy (non-hydrogen) atoms. The number of amides is 2. The molecule has 178 valence electrons. The zero-order valence-corrected chi connectivity index (χ0v) is 19.3. The summed E-state index contributed by atoms with van der Waals surface area (Å²) in [6, 6.07) is 14.2. The summed E-state index contributed by atoms with van der Waals surface area (Å²) in [5.41, 5.74) is 2.66. The van der Waals surface area contributed by atoms with Crippen molar-refractivity contribution in [1.29, 1.82) is 0 Å². The van der Waals surface area contributed by atoms with Gasteiger partial charge in [-0.2, -0.15) is 0 Å². The van der Waals surface area contributed by atoms with Crippen molar-refractivity contribution in [1.82, 2.24) is 10.2 Å². The van der Waals surface area contributed by atoms with Gasteiger partial charge in [0.2, 0.25) is 5.75 Å². The summed E-state index contributed by atoms with van der Waals surface area (Å²) in [4.78, 5) is 14.8. The second-order valence-electron chi connectivity index (χ2n) is 7.45. The number of urea groups is 1. The summed E-state index contributed by atoms with van der Waals surface area (Å²) in [6.45, 7) is 2.98. The van der Waals surface area contributed by atoms with Crippen molar-refractivity contribution in [2.75, 3.05) is 63.2 Å². The minimum Gasteiger partial charge on any atom is -0.493 e. The number of carbonyl (C=O) groups excluding carboxylic acids is 1. The molecule has 0 atom stereocenters. The molecular weight excluding hydrogens is 438 g/mol. The second-order valence-corrected chi connectivity index (χ2v) is 7.45. The van der Waals surface area contributed by atoms with E-state index in [2.05, 4.69) is 25.7 Å². The molecule has 1 aliphatic rings. The number of rotatable bonds is 7. The molecule has 0 saturated carbocycles. The Labute approximate surface area is 197 Å². The van der Waals surface area contributed by atoms with Crippen LogP contribution in [-0.2, 0) is 4.74 Å². The number of nitrogens with zero attached hydrogens (tertiary/aromatic N) is 3. The summed E-state index contributed by atoms with van der Waals surface area (Å²) in [7, 11) is 4.56. The summed E-state index contributed by atoms with van der Waals surface area (Å²) >= 11 is 0. The van der Waals surface area contributed by atoms with Gasteiger partial charge in [0.1, 0.15) is 0 Å². The van der Waals surface area contributed by atoms with Gasteiger partial charge in [-0.3, -0.25) is 0 Å². The molecule has 2 heterocycles. The Morgan fingerprint density at radius 3 is 2.21 bits per heavy atom. The maximum absolute atomic E-state index is 12.6. The van der Waals surface area contributed by atoms with E-state index in [1.165, 1.54) is 21.3 Å². The van der Waals surface area contributed by atoms with Crippen molar-refractivity contribution in [3.63, 3.8) is 0 Å². The lowest BCUT2D eigenvalue weighted by Crippen LogP contribution is -2.36. The number of benzene rings is 2. The van der Waals surface area contributed by atoms with Crippen molar-refractivity contribution >= 4 is 23.2 Å². The van der Waals surface area contributed by atoms with Crippen LogP contribution in [0.15, 0.2) is 48.5 Å². The first-order valence-corrected chi connectivity index (χ1v) is 10.8. The molecule has 0 unspecified atom stereocenters. The number of hydrogen-bond acceptors (Lipinski definition) is 8. The van der Waals surface area contributed by atoms with Crippen LogP contribution < -0.4 is 29.7 Å². The molecule has 1 aliphatic heterocycles. The maximum Gasteiger partial charge on any atom is 0.323 e. The van der Waals surface area contributed by atoms with Crippen LogP contribution in [0.2, 0.25) is 0 Å². The second kappa shape index (κ2) is 10.7. The van der Waals surface area contributed by atoms with Crippen molar-refractivity contribution < 1.29 is 23.7 Å². The smallest absolute Gasteiger partial charge is 0.323 e. The molecule has 2 N–H and O–H groups in total. The van der Waals surface area contributed by atoms with E-state index in [1.54, 1.807) is 18.2 Å². The highest BCUT2D eigenvalue weighted by atomic mass is 16.5. The Hall–Kier alpha value is -4.05. The summed E-state index contributed by atoms with van der Waals surface area (Å²) in [5.74, 6) is 2.16. The predicted octanol–water partition coefficient (Wildman–Crippen LogP) is 3.65. The third-order valence-electron chi connectivity index (χ3n) is 5.32. The first-order chi connectivity index (χ1) is 16.6. The molecule has 1 saturated heterocycles. The Morgan fingerprint density at radius 1 is 0.882 bits per heavy atom. The number of ether oxygens (including phenoxy) is 4. The zero-order chi connectivity index (χ0) is 23.9. The van der Waals surface area contributed by atoms with E-state index in [9.17, 15) is 4.79 Å². The van der Waals surface area contributed by atoms with E-state index in [0.29, 0.717) is 47.5 Å². The molecule has 0 spiro atoms. The highest BCUT2D eigenvalue weighted by Crippen LogP contribution is 2.40. The van der Waals surface area contributed by atoms with Crippen LogP contribution in [0.4, 0.5) is 22.0 Å². The Kier molecular flexibility index (Phi) is 7.28. The van der Waals surface area contributed by atoms with Crippen LogP contribution >= 0.6 is 0 Å². The van der Waals surface area contributed by atoms with Crippen LogP contribution in [0.1, 0.15) is 0 Å². The summed E-state index contributed by atoms with van der Waals surface area (Å²) < 4.78 is 21.4. The fourth-order valence-electron chi connectivity index (χ4n) is 3.64. The standard InChI is InChI=1S/C24H27N5O5/c1-31-20-14-18(15-21(32-2)23(20)33-3)26-24(30)25-17-6-4-5-16(13-17)19-7-8-22(28-27-19)29-9-11-34-12-10-29/h4-8,13-15H,9-12H2,1-3H3,(H2,25,26,30). The summed E-state index contributed by atoms with van der Waals surface area (Å²) in [5, 5.41) is 14.3. The van der Waals surface area contributed by atoms with Gasteiger partial charge in [0.05, 0.1) is 45.9 Å². The van der Waals surface area contributed by atoms with Gasteiger partial charge in [0, 0.05) is 36.5 Å². The Bertz CT molecular complexity index is 1110. The third-order valence-corrected chi connectivity index (χ3v) is 5.32. The topological polar surface area (TPSA) is 107 Å². The fourth-order valence-corrected chi connectivity index (χ4v) is 3.64. The third kappa shape index (κ3) is 5.29. The predicted molar refractivity (Wildman–Crippen MR) is 129 cm³/mol. The quantitative estimate of drug-likeness (QED) is 0.545. The number of hydrogen-bond donors (Lipinski definition) is 2. The molecule has 1 aromatic heterocycles. The van der Waals surface area contributed by atoms with E-state index >= 15 is 0 Å². The van der Waals surface area contributed by atoms with Gasteiger partial charge in [-0.15, -0.1) is 10.2 Å². The molecule has 1 fully saturated rings. The van der Waals surface area contributed by atoms with Crippen LogP contribution in [-0.4, -0.2) is 63.9 Å². The number of carbonyl (C=O) groups is 1. The normalized spacial score (nSPS) is 13.2. The first-order valence-electron chi connectivity index (χ1n) is 10.8. The van der Waals surface area contributed by atoms with Gasteiger partial charge in [-0.1, -0.05) is 12.1 Å². The molecule has 2 aromatic carbocycles. The van der Waals surface area contributed by atoms with E-state index in [0.717, 1.165) is 24.5 Å². The molecule has 0 bridgehead atoms. The van der Waals surface area contributed by atoms with E-state index in [1.807, 2.05) is 30.3 Å². The zero-order valence-electron chi connectivity index (χ0n) is 19.3. The summed E-state index contributed by atoms with van der Waals surface area (Å²) in [6.07, 6.45) is 0. The number of methoxy groups -OCH3 is 3. The number of morpholine rings is 1. The molecule has 10 heteroatoms. The van der Waals surface area contributed by atoms with Crippen molar-refractivity contribution in [3.05, 3.63) is 48.5 Å². The fraction of sp³-hybridized carbons (Fsp3) is 0.292. The van der Waals surface area contributed by atoms with E-state index < -0.39 is 6.03 Å². The molecule has 3 aromatic rings. The molecule has 4 rings (SSSR count). The van der Waals surface area contributed by atoms with Crippen molar-refractivity contribution in [3.8, 4) is 28.5 Å². The first kappa shape index (κ1) is 23.1. The average Bonchev–Trinajstić information content (AvgIpc) is 2.88. The van der Waals surface area contributed by atoms with Crippen molar-refractivity contribution in [2.24, 2.45) is 0 Å². The lowest BCUT2D eigenvalue weighted by molar-refractivity contribution is 0.122. The minimum absolute atomic E-state index is 0.417. The van der Waals surface area contributed by atoms with Crippen LogP contribution in [0, 0.1) is 0 Å². The molecule has 0 aliphatic carbocycles. The number of aromatic nitrogens is 2. The number of anilines is 3. The van der Waals surface area contributed by atoms with Crippen LogP contribution in [0.3, 0.4) is 0 Å². The van der Waals surface area contributed by atoms with Gasteiger partial charge >= 0.3 is 6.03 Å². The lowest BCUT2D eigenvalue weighted by atomic mass is 10.1. The molecule has 0 radical (unpaired) electrons. The van der Waals surface area contributed by atoms with Gasteiger partial charge < -0.3 is 34.5 Å².